The highest BCUT2D eigenvalue weighted by molar-refractivity contribution is 7.84. The Morgan fingerprint density at radius 2 is 1.68 bits per heavy atom. The second-order valence-corrected chi connectivity index (χ2v) is 10.2. The Hall–Kier alpha value is -3.80. The lowest BCUT2D eigenvalue weighted by atomic mass is 9.95. The number of Topliss-reactive ketones (excluding diaryl/α,β-unsaturated/α-hetero) is 1. The number of ketones is 1. The van der Waals surface area contributed by atoms with Gasteiger partial charge in [0.1, 0.15) is 22.8 Å². The van der Waals surface area contributed by atoms with Crippen LogP contribution in [0.2, 0.25) is 0 Å². The molecule has 0 aliphatic heterocycles. The van der Waals surface area contributed by atoms with Crippen molar-refractivity contribution in [3.63, 3.8) is 0 Å². The summed E-state index contributed by atoms with van der Waals surface area (Å²) in [5.74, 6) is -0.634. The topological polar surface area (TPSA) is 107 Å². The van der Waals surface area contributed by atoms with Crippen LogP contribution in [0.1, 0.15) is 40.7 Å². The smallest absolute Gasteiger partial charge is 0.420 e. The van der Waals surface area contributed by atoms with Gasteiger partial charge in [-0.15, -0.1) is 0 Å². The van der Waals surface area contributed by atoms with Crippen LogP contribution in [-0.4, -0.2) is 39.2 Å². The third kappa shape index (κ3) is 6.36. The predicted octanol–water partition coefficient (Wildman–Crippen LogP) is 4.70. The molecule has 1 saturated carbocycles. The lowest BCUT2D eigenvalue weighted by Gasteiger charge is -2.16. The van der Waals surface area contributed by atoms with Crippen molar-refractivity contribution < 1.29 is 36.4 Å². The molecule has 1 fully saturated rings. The van der Waals surface area contributed by atoms with Crippen molar-refractivity contribution in [2.24, 2.45) is 5.41 Å². The van der Waals surface area contributed by atoms with Crippen LogP contribution in [-0.2, 0) is 28.3 Å². The summed E-state index contributed by atoms with van der Waals surface area (Å²) in [5, 5.41) is 2.95. The zero-order chi connectivity index (χ0) is 27.5. The molecule has 1 N–H and O–H groups in total. The van der Waals surface area contributed by atoms with E-state index in [9.17, 15) is 27.0 Å². The molecule has 1 heterocycles. The standard InChI is InChI=1S/C26H24F3N3O5S/c1-36-19-7-8-22(20(11-19)26(27,28)29)37-18-5-3-16(4-6-18)13-30-23(34)25(9-10-25)12-21(33)17-14-31-24(32-15-17)38(2)35/h3-8,11,14-15H,9-10,12-13H2,1-2H3,(H,30,34). The van der Waals surface area contributed by atoms with Crippen molar-refractivity contribution in [3.8, 4) is 17.2 Å². The molecule has 1 aromatic heterocycles. The van der Waals surface area contributed by atoms with Crippen LogP contribution in [0.4, 0.5) is 13.2 Å². The number of hydrogen-bond donors (Lipinski definition) is 1. The first-order valence-electron chi connectivity index (χ1n) is 11.5. The van der Waals surface area contributed by atoms with Gasteiger partial charge in [-0.3, -0.25) is 13.8 Å². The van der Waals surface area contributed by atoms with Crippen molar-refractivity contribution in [3.05, 3.63) is 71.5 Å². The van der Waals surface area contributed by atoms with E-state index in [4.69, 9.17) is 9.47 Å². The van der Waals surface area contributed by atoms with Gasteiger partial charge in [0.15, 0.2) is 5.78 Å². The van der Waals surface area contributed by atoms with E-state index in [-0.39, 0.29) is 52.6 Å². The molecule has 0 bridgehead atoms. The first-order chi connectivity index (χ1) is 18.0. The Morgan fingerprint density at radius 1 is 1.05 bits per heavy atom. The highest BCUT2D eigenvalue weighted by Crippen LogP contribution is 2.49. The number of halogens is 3. The fraction of sp³-hybridized carbons (Fsp3) is 0.308. The van der Waals surface area contributed by atoms with E-state index in [1.165, 1.54) is 50.0 Å². The van der Waals surface area contributed by atoms with Gasteiger partial charge in [0, 0.05) is 31.6 Å². The van der Waals surface area contributed by atoms with Crippen molar-refractivity contribution in [1.82, 2.24) is 15.3 Å². The normalized spacial score (nSPS) is 14.9. The van der Waals surface area contributed by atoms with E-state index in [1.54, 1.807) is 12.1 Å². The van der Waals surface area contributed by atoms with Gasteiger partial charge in [0.05, 0.1) is 28.9 Å². The number of alkyl halides is 3. The molecule has 0 spiro atoms. The summed E-state index contributed by atoms with van der Waals surface area (Å²) < 4.78 is 62.0. The Bertz CT molecular complexity index is 1360. The van der Waals surface area contributed by atoms with Gasteiger partial charge in [0.25, 0.3) is 0 Å². The minimum atomic E-state index is -4.62. The largest absolute Gasteiger partial charge is 0.497 e. The predicted molar refractivity (Wildman–Crippen MR) is 131 cm³/mol. The molecule has 1 atom stereocenters. The Labute approximate surface area is 219 Å². The summed E-state index contributed by atoms with van der Waals surface area (Å²) in [6, 6.07) is 9.72. The van der Waals surface area contributed by atoms with Gasteiger partial charge >= 0.3 is 6.18 Å². The van der Waals surface area contributed by atoms with Gasteiger partial charge in [-0.1, -0.05) is 12.1 Å². The highest BCUT2D eigenvalue weighted by Gasteiger charge is 2.51. The number of ether oxygens (including phenoxy) is 2. The monoisotopic (exact) mass is 547 g/mol. The van der Waals surface area contributed by atoms with Crippen molar-refractivity contribution >= 4 is 22.5 Å². The second-order valence-electron chi connectivity index (χ2n) is 8.88. The van der Waals surface area contributed by atoms with Gasteiger partial charge in [-0.2, -0.15) is 13.2 Å². The number of nitrogens with one attached hydrogen (secondary N) is 1. The van der Waals surface area contributed by atoms with Gasteiger partial charge in [0.2, 0.25) is 11.1 Å². The number of methoxy groups -OCH3 is 1. The summed E-state index contributed by atoms with van der Waals surface area (Å²) in [7, 11) is -0.0796. The number of nitrogens with zero attached hydrogens (tertiary/aromatic N) is 2. The molecule has 200 valence electrons. The molecule has 1 unspecified atom stereocenters. The number of carbonyl (C=O) groups excluding carboxylic acids is 2. The molecule has 1 aliphatic rings. The molecule has 1 amide bonds. The maximum Gasteiger partial charge on any atom is 0.420 e. The lowest BCUT2D eigenvalue weighted by molar-refractivity contribution is -0.138. The summed E-state index contributed by atoms with van der Waals surface area (Å²) in [5.41, 5.74) is -0.802. The van der Waals surface area contributed by atoms with Crippen molar-refractivity contribution in [2.45, 2.75) is 37.1 Å². The molecule has 12 heteroatoms. The molecule has 0 radical (unpaired) electrons. The van der Waals surface area contributed by atoms with Crippen LogP contribution in [0.15, 0.2) is 60.0 Å². The summed E-state index contributed by atoms with van der Waals surface area (Å²) >= 11 is 0. The minimum Gasteiger partial charge on any atom is -0.497 e. The van der Waals surface area contributed by atoms with Crippen LogP contribution in [0.25, 0.3) is 0 Å². The average molecular weight is 548 g/mol. The number of rotatable bonds is 10. The molecular weight excluding hydrogens is 523 g/mol. The zero-order valence-electron chi connectivity index (χ0n) is 20.5. The minimum absolute atomic E-state index is 0.00688. The number of carbonyl (C=O) groups is 2. The van der Waals surface area contributed by atoms with E-state index < -0.39 is 28.0 Å². The average Bonchev–Trinajstić information content (AvgIpc) is 3.68. The quantitative estimate of drug-likeness (QED) is 0.290. The third-order valence-electron chi connectivity index (χ3n) is 6.14. The summed E-state index contributed by atoms with van der Waals surface area (Å²) in [4.78, 5) is 33.3. The van der Waals surface area contributed by atoms with Crippen LogP contribution in [0, 0.1) is 5.41 Å². The number of benzene rings is 2. The Morgan fingerprint density at radius 3 is 2.24 bits per heavy atom. The zero-order valence-corrected chi connectivity index (χ0v) is 21.3. The number of amides is 1. The Balaban J connectivity index is 1.34. The maximum atomic E-state index is 13.4. The first-order valence-corrected chi connectivity index (χ1v) is 13.1. The molecule has 4 rings (SSSR count). The van der Waals surface area contributed by atoms with Crippen LogP contribution >= 0.6 is 0 Å². The van der Waals surface area contributed by atoms with Crippen molar-refractivity contribution in [2.75, 3.05) is 13.4 Å². The van der Waals surface area contributed by atoms with Crippen LogP contribution < -0.4 is 14.8 Å². The van der Waals surface area contributed by atoms with E-state index in [1.807, 2.05) is 0 Å². The van der Waals surface area contributed by atoms with E-state index in [0.29, 0.717) is 18.4 Å². The fourth-order valence-corrected chi connectivity index (χ4v) is 4.17. The molecular formula is C26H24F3N3O5S. The van der Waals surface area contributed by atoms with E-state index >= 15 is 0 Å². The highest BCUT2D eigenvalue weighted by atomic mass is 32.2. The van der Waals surface area contributed by atoms with Crippen LogP contribution in [0.3, 0.4) is 0 Å². The van der Waals surface area contributed by atoms with Gasteiger partial charge < -0.3 is 14.8 Å². The van der Waals surface area contributed by atoms with Crippen molar-refractivity contribution in [1.29, 1.82) is 0 Å². The summed E-state index contributed by atoms with van der Waals surface area (Å²) in [6.45, 7) is 0.172. The fourth-order valence-electron chi connectivity index (χ4n) is 3.77. The third-order valence-corrected chi connectivity index (χ3v) is 6.86. The molecule has 1 aliphatic carbocycles. The molecule has 38 heavy (non-hydrogen) atoms. The van der Waals surface area contributed by atoms with Gasteiger partial charge in [-0.05, 0) is 48.7 Å². The lowest BCUT2D eigenvalue weighted by Crippen LogP contribution is -2.33. The van der Waals surface area contributed by atoms with Gasteiger partial charge in [-0.25, -0.2) is 9.97 Å². The SMILES string of the molecule is COc1ccc(Oc2ccc(CNC(=O)C3(CC(=O)c4cnc(S(C)=O)nc4)CC3)cc2)c(C(F)(F)F)c1. The molecule has 8 nitrogen and oxygen atoms in total. The Kier molecular flexibility index (Phi) is 7.81. The second kappa shape index (κ2) is 10.9. The van der Waals surface area contributed by atoms with E-state index in [2.05, 4.69) is 15.3 Å². The maximum absolute atomic E-state index is 13.4. The van der Waals surface area contributed by atoms with Crippen LogP contribution in [0.5, 0.6) is 17.2 Å². The van der Waals surface area contributed by atoms with E-state index in [0.717, 1.165) is 6.07 Å². The summed E-state index contributed by atoms with van der Waals surface area (Å²) in [6.07, 6.45) is 0.580. The molecule has 0 saturated heterocycles. The number of aromatic nitrogens is 2. The molecule has 2 aromatic carbocycles. The number of hydrogen-bond acceptors (Lipinski definition) is 7. The first kappa shape index (κ1) is 27.2. The molecule has 3 aromatic rings.